The van der Waals surface area contributed by atoms with Crippen LogP contribution in [0.25, 0.3) is 32.3 Å². The number of hydrogen-bond acceptors (Lipinski definition) is 2. The second-order valence-electron chi connectivity index (χ2n) is 7.83. The van der Waals surface area contributed by atoms with E-state index >= 15 is 0 Å². The van der Waals surface area contributed by atoms with Gasteiger partial charge in [0.1, 0.15) is 0 Å². The molecule has 1 amide bonds. The van der Waals surface area contributed by atoms with E-state index in [0.29, 0.717) is 0 Å². The van der Waals surface area contributed by atoms with Gasteiger partial charge in [0.15, 0.2) is 6.10 Å². The van der Waals surface area contributed by atoms with Crippen molar-refractivity contribution in [1.29, 1.82) is 0 Å². The van der Waals surface area contributed by atoms with Gasteiger partial charge in [-0.3, -0.25) is 9.69 Å². The first-order valence-electron chi connectivity index (χ1n) is 10.1. The number of nitrogens with zero attached hydrogens (tertiary/aromatic N) is 1. The van der Waals surface area contributed by atoms with E-state index in [1.165, 1.54) is 5.39 Å². The van der Waals surface area contributed by atoms with Gasteiger partial charge in [0.05, 0.1) is 11.7 Å². The Labute approximate surface area is 173 Å². The summed E-state index contributed by atoms with van der Waals surface area (Å²) in [6.07, 6.45) is -1.02. The lowest BCUT2D eigenvalue weighted by atomic mass is 9.88. The Hall–Kier alpha value is -3.69. The van der Waals surface area contributed by atoms with Crippen LogP contribution in [0.15, 0.2) is 97.1 Å². The molecule has 1 fully saturated rings. The molecule has 1 N–H and O–H groups in total. The van der Waals surface area contributed by atoms with E-state index in [2.05, 4.69) is 42.5 Å². The molecule has 30 heavy (non-hydrogen) atoms. The van der Waals surface area contributed by atoms with Crippen LogP contribution in [-0.2, 0) is 4.79 Å². The molecule has 3 heteroatoms. The third-order valence-corrected chi connectivity index (χ3v) is 6.21. The van der Waals surface area contributed by atoms with Crippen LogP contribution in [0.5, 0.6) is 0 Å². The Morgan fingerprint density at radius 3 is 2.07 bits per heavy atom. The average molecular weight is 389 g/mol. The monoisotopic (exact) mass is 389 g/mol. The zero-order chi connectivity index (χ0) is 20.2. The maximum absolute atomic E-state index is 12.9. The maximum atomic E-state index is 12.9. The number of benzene rings is 5. The van der Waals surface area contributed by atoms with Crippen molar-refractivity contribution in [1.82, 2.24) is 0 Å². The van der Waals surface area contributed by atoms with Crippen molar-refractivity contribution in [2.45, 2.75) is 12.1 Å². The van der Waals surface area contributed by atoms with Crippen LogP contribution >= 0.6 is 0 Å². The van der Waals surface area contributed by atoms with Crippen LogP contribution < -0.4 is 4.90 Å². The molecule has 1 heterocycles. The molecule has 0 spiro atoms. The molecule has 5 aromatic rings. The molecule has 0 saturated carbocycles. The average Bonchev–Trinajstić information content (AvgIpc) is 2.82. The lowest BCUT2D eigenvalue weighted by molar-refractivity contribution is -0.137. The van der Waals surface area contributed by atoms with Gasteiger partial charge in [0.2, 0.25) is 0 Å². The smallest absolute Gasteiger partial charge is 0.259 e. The van der Waals surface area contributed by atoms with Crippen molar-refractivity contribution in [3.8, 4) is 0 Å². The normalized spacial score (nSPS) is 18.8. The minimum atomic E-state index is -1.02. The fourth-order valence-corrected chi connectivity index (χ4v) is 4.76. The number of carbonyl (C=O) groups excluding carboxylic acids is 1. The van der Waals surface area contributed by atoms with Gasteiger partial charge in [-0.25, -0.2) is 0 Å². The Morgan fingerprint density at radius 1 is 0.633 bits per heavy atom. The van der Waals surface area contributed by atoms with Crippen LogP contribution in [0.1, 0.15) is 11.6 Å². The lowest BCUT2D eigenvalue weighted by Gasteiger charge is -2.45. The van der Waals surface area contributed by atoms with Crippen LogP contribution in [0.3, 0.4) is 0 Å². The van der Waals surface area contributed by atoms with Gasteiger partial charge in [0.25, 0.3) is 5.91 Å². The van der Waals surface area contributed by atoms with Gasteiger partial charge in [-0.1, -0.05) is 91.0 Å². The lowest BCUT2D eigenvalue weighted by Crippen LogP contribution is -2.59. The highest BCUT2D eigenvalue weighted by Gasteiger charge is 2.48. The van der Waals surface area contributed by atoms with Crippen molar-refractivity contribution in [2.24, 2.45) is 0 Å². The number of rotatable bonds is 2. The molecule has 0 radical (unpaired) electrons. The van der Waals surface area contributed by atoms with Gasteiger partial charge >= 0.3 is 0 Å². The van der Waals surface area contributed by atoms with Crippen molar-refractivity contribution >= 4 is 43.9 Å². The number of hydrogen-bond donors (Lipinski definition) is 1. The van der Waals surface area contributed by atoms with Crippen molar-refractivity contribution in [2.75, 3.05) is 4.90 Å². The summed E-state index contributed by atoms with van der Waals surface area (Å²) in [6, 6.07) is 32.3. The highest BCUT2D eigenvalue weighted by atomic mass is 16.3. The summed E-state index contributed by atoms with van der Waals surface area (Å²) in [5.74, 6) is -0.256. The molecule has 1 aliphatic heterocycles. The third-order valence-electron chi connectivity index (χ3n) is 6.21. The van der Waals surface area contributed by atoms with Crippen molar-refractivity contribution in [3.05, 3.63) is 103 Å². The first-order chi connectivity index (χ1) is 14.7. The summed E-state index contributed by atoms with van der Waals surface area (Å²) in [4.78, 5) is 14.6. The zero-order valence-corrected chi connectivity index (χ0v) is 16.2. The summed E-state index contributed by atoms with van der Waals surface area (Å²) in [7, 11) is 0. The summed E-state index contributed by atoms with van der Waals surface area (Å²) in [6.45, 7) is 0. The number of aliphatic hydroxyl groups excluding tert-OH is 1. The minimum Gasteiger partial charge on any atom is -0.381 e. The molecular formula is C27H19NO2. The van der Waals surface area contributed by atoms with Gasteiger partial charge in [-0.15, -0.1) is 0 Å². The van der Waals surface area contributed by atoms with E-state index in [1.807, 2.05) is 54.6 Å². The molecular weight excluding hydrogens is 370 g/mol. The van der Waals surface area contributed by atoms with E-state index in [9.17, 15) is 9.90 Å². The van der Waals surface area contributed by atoms with Gasteiger partial charge in [0, 0.05) is 5.39 Å². The second kappa shape index (κ2) is 6.41. The molecule has 5 aromatic carbocycles. The Balaban J connectivity index is 1.67. The fourth-order valence-electron chi connectivity index (χ4n) is 4.76. The standard InChI is InChI=1S/C27H19NO2/c29-26-25(18-9-2-1-3-10-18)28(27(26)30)24-16-23-19-11-5-4-8-17(19)14-15-21(23)20-12-6-7-13-22(20)24/h1-16,25-26,29H/t25-,26-/m0/s1. The number of fused-ring (bicyclic) bond motifs is 5. The predicted octanol–water partition coefficient (Wildman–Crippen LogP) is 5.60. The number of anilines is 1. The van der Waals surface area contributed by atoms with Crippen LogP contribution in [0.4, 0.5) is 5.69 Å². The molecule has 6 rings (SSSR count). The first-order valence-corrected chi connectivity index (χ1v) is 10.1. The first kappa shape index (κ1) is 17.2. The largest absolute Gasteiger partial charge is 0.381 e. The van der Waals surface area contributed by atoms with Crippen LogP contribution in [0.2, 0.25) is 0 Å². The number of amides is 1. The molecule has 144 valence electrons. The zero-order valence-electron chi connectivity index (χ0n) is 16.2. The van der Waals surface area contributed by atoms with Crippen LogP contribution in [-0.4, -0.2) is 17.1 Å². The SMILES string of the molecule is O=C1[C@@H](O)[C@H](c2ccccc2)N1c1cc2c3ccccc3ccc2c2ccccc12. The third kappa shape index (κ3) is 2.33. The summed E-state index contributed by atoms with van der Waals surface area (Å²) < 4.78 is 0. The Morgan fingerprint density at radius 2 is 1.27 bits per heavy atom. The second-order valence-corrected chi connectivity index (χ2v) is 7.83. The predicted molar refractivity (Wildman–Crippen MR) is 122 cm³/mol. The quantitative estimate of drug-likeness (QED) is 0.316. The van der Waals surface area contributed by atoms with Gasteiger partial charge < -0.3 is 5.11 Å². The van der Waals surface area contributed by atoms with Gasteiger partial charge in [-0.05, 0) is 38.6 Å². The number of aliphatic hydroxyl groups is 1. The molecule has 3 nitrogen and oxygen atoms in total. The molecule has 0 unspecified atom stereocenters. The number of carbonyl (C=O) groups is 1. The molecule has 0 bridgehead atoms. The van der Waals surface area contributed by atoms with Crippen molar-refractivity contribution in [3.63, 3.8) is 0 Å². The molecule has 0 aromatic heterocycles. The maximum Gasteiger partial charge on any atom is 0.259 e. The fraction of sp³-hybridized carbons (Fsp3) is 0.0741. The summed E-state index contributed by atoms with van der Waals surface area (Å²) in [5.41, 5.74) is 1.78. The van der Waals surface area contributed by atoms with E-state index in [4.69, 9.17) is 0 Å². The highest BCUT2D eigenvalue weighted by molar-refractivity contribution is 6.23. The Kier molecular flexibility index (Phi) is 3.67. The van der Waals surface area contributed by atoms with E-state index in [1.54, 1.807) is 4.90 Å². The van der Waals surface area contributed by atoms with E-state index < -0.39 is 6.10 Å². The van der Waals surface area contributed by atoms with E-state index in [0.717, 1.165) is 38.2 Å². The minimum absolute atomic E-state index is 0.256. The topological polar surface area (TPSA) is 40.5 Å². The van der Waals surface area contributed by atoms with Crippen LogP contribution in [0, 0.1) is 0 Å². The summed E-state index contributed by atoms with van der Waals surface area (Å²) >= 11 is 0. The Bertz CT molecular complexity index is 1440. The number of β-lactam (4-membered cyclic amide) rings is 1. The van der Waals surface area contributed by atoms with Crippen molar-refractivity contribution < 1.29 is 9.90 Å². The summed E-state index contributed by atoms with van der Waals surface area (Å²) in [5, 5.41) is 17.3. The van der Waals surface area contributed by atoms with E-state index in [-0.39, 0.29) is 11.9 Å². The van der Waals surface area contributed by atoms with Gasteiger partial charge in [-0.2, -0.15) is 0 Å². The molecule has 1 saturated heterocycles. The molecule has 1 aliphatic rings. The molecule has 0 aliphatic carbocycles. The highest BCUT2D eigenvalue weighted by Crippen LogP contribution is 2.45. The molecule has 2 atom stereocenters.